The molecule has 0 heterocycles. The Hall–Kier alpha value is -1.84. The van der Waals surface area contributed by atoms with Gasteiger partial charge in [-0.25, -0.2) is 4.79 Å². The van der Waals surface area contributed by atoms with E-state index in [4.69, 9.17) is 5.73 Å². The van der Waals surface area contributed by atoms with Crippen LogP contribution in [0.2, 0.25) is 0 Å². The van der Waals surface area contributed by atoms with E-state index in [0.717, 1.165) is 6.29 Å². The minimum absolute atomic E-state index is 0.560. The van der Waals surface area contributed by atoms with Gasteiger partial charge in [0, 0.05) is 11.3 Å². The standard InChI is InChI=1S/C8H8N2O2/c9-8(12)10-7-3-1-6(5-11)2-4-7/h1-5H,(H3,9,10,12). The van der Waals surface area contributed by atoms with Gasteiger partial charge in [-0.3, -0.25) is 4.79 Å². The Balaban J connectivity index is 2.77. The summed E-state index contributed by atoms with van der Waals surface area (Å²) in [4.78, 5) is 20.6. The van der Waals surface area contributed by atoms with E-state index in [2.05, 4.69) is 5.32 Å². The number of nitrogens with two attached hydrogens (primary N) is 1. The second kappa shape index (κ2) is 3.52. The summed E-state index contributed by atoms with van der Waals surface area (Å²) >= 11 is 0. The summed E-state index contributed by atoms with van der Waals surface area (Å²) in [7, 11) is 0. The van der Waals surface area contributed by atoms with Crippen LogP contribution in [0.1, 0.15) is 10.4 Å². The second-order valence-electron chi connectivity index (χ2n) is 2.23. The Bertz CT molecular complexity index is 292. The van der Waals surface area contributed by atoms with E-state index >= 15 is 0 Å². The number of benzene rings is 1. The highest BCUT2D eigenvalue weighted by atomic mass is 16.2. The van der Waals surface area contributed by atoms with Gasteiger partial charge in [0.25, 0.3) is 0 Å². The van der Waals surface area contributed by atoms with Crippen molar-refractivity contribution in [3.05, 3.63) is 29.8 Å². The molecule has 0 aliphatic rings. The summed E-state index contributed by atoms with van der Waals surface area (Å²) in [6.07, 6.45) is 0.730. The average molecular weight is 164 g/mol. The normalized spacial score (nSPS) is 9.00. The average Bonchev–Trinajstić information content (AvgIpc) is 2.05. The zero-order valence-corrected chi connectivity index (χ0v) is 6.28. The summed E-state index contributed by atoms with van der Waals surface area (Å²) in [5.41, 5.74) is 6.01. The van der Waals surface area contributed by atoms with E-state index < -0.39 is 6.03 Å². The Morgan fingerprint density at radius 1 is 1.33 bits per heavy atom. The number of hydrogen-bond donors (Lipinski definition) is 2. The molecular weight excluding hydrogens is 156 g/mol. The van der Waals surface area contributed by atoms with Crippen LogP contribution in [0.4, 0.5) is 10.5 Å². The third-order valence-electron chi connectivity index (χ3n) is 1.31. The number of carbonyl (C=O) groups excluding carboxylic acids is 2. The number of rotatable bonds is 2. The topological polar surface area (TPSA) is 72.2 Å². The van der Waals surface area contributed by atoms with E-state index in [1.54, 1.807) is 24.3 Å². The number of carbonyl (C=O) groups is 2. The smallest absolute Gasteiger partial charge is 0.316 e. The lowest BCUT2D eigenvalue weighted by Crippen LogP contribution is -2.19. The lowest BCUT2D eigenvalue weighted by molar-refractivity contribution is 0.112. The number of primary amides is 1. The monoisotopic (exact) mass is 164 g/mol. The van der Waals surface area contributed by atoms with Gasteiger partial charge >= 0.3 is 6.03 Å². The molecule has 1 rings (SSSR count). The molecule has 1 aromatic carbocycles. The summed E-state index contributed by atoms with van der Waals surface area (Å²) in [6, 6.07) is 5.79. The van der Waals surface area contributed by atoms with Gasteiger partial charge in [0.1, 0.15) is 6.29 Å². The number of aldehydes is 1. The zero-order chi connectivity index (χ0) is 8.97. The maximum atomic E-state index is 10.4. The first-order chi connectivity index (χ1) is 5.72. The summed E-state index contributed by atoms with van der Waals surface area (Å²) in [5, 5.41) is 2.38. The van der Waals surface area contributed by atoms with Crippen LogP contribution in [-0.2, 0) is 0 Å². The van der Waals surface area contributed by atoms with E-state index in [1.165, 1.54) is 0 Å². The van der Waals surface area contributed by atoms with Crippen molar-refractivity contribution in [3.8, 4) is 0 Å². The first-order valence-electron chi connectivity index (χ1n) is 3.34. The minimum atomic E-state index is -0.617. The molecule has 0 bridgehead atoms. The largest absolute Gasteiger partial charge is 0.351 e. The van der Waals surface area contributed by atoms with Crippen molar-refractivity contribution < 1.29 is 9.59 Å². The lowest BCUT2D eigenvalue weighted by Gasteiger charge is -1.99. The van der Waals surface area contributed by atoms with Crippen LogP contribution in [0.3, 0.4) is 0 Å². The van der Waals surface area contributed by atoms with Crippen LogP contribution in [-0.4, -0.2) is 12.3 Å². The van der Waals surface area contributed by atoms with Crippen LogP contribution in [0.5, 0.6) is 0 Å². The van der Waals surface area contributed by atoms with Crippen molar-refractivity contribution in [1.29, 1.82) is 0 Å². The fraction of sp³-hybridized carbons (Fsp3) is 0. The van der Waals surface area contributed by atoms with Crippen molar-refractivity contribution in [2.75, 3.05) is 5.32 Å². The maximum Gasteiger partial charge on any atom is 0.316 e. The van der Waals surface area contributed by atoms with Gasteiger partial charge in [0.2, 0.25) is 0 Å². The summed E-state index contributed by atoms with van der Waals surface area (Å²) in [5.74, 6) is 0. The highest BCUT2D eigenvalue weighted by Gasteiger charge is 1.94. The van der Waals surface area contributed by atoms with E-state index in [1.807, 2.05) is 0 Å². The van der Waals surface area contributed by atoms with Gasteiger partial charge in [0.15, 0.2) is 0 Å². The second-order valence-corrected chi connectivity index (χ2v) is 2.23. The number of amides is 2. The van der Waals surface area contributed by atoms with E-state index in [-0.39, 0.29) is 0 Å². The predicted molar refractivity (Wildman–Crippen MR) is 45.0 cm³/mol. The number of anilines is 1. The van der Waals surface area contributed by atoms with Gasteiger partial charge < -0.3 is 11.1 Å². The Labute approximate surface area is 69.4 Å². The molecular formula is C8H8N2O2. The van der Waals surface area contributed by atoms with Crippen LogP contribution < -0.4 is 11.1 Å². The molecule has 12 heavy (non-hydrogen) atoms. The van der Waals surface area contributed by atoms with Crippen molar-refractivity contribution in [3.63, 3.8) is 0 Å². The van der Waals surface area contributed by atoms with Crippen LogP contribution in [0, 0.1) is 0 Å². The maximum absolute atomic E-state index is 10.4. The molecule has 0 atom stereocenters. The summed E-state index contributed by atoms with van der Waals surface area (Å²) < 4.78 is 0. The molecule has 3 N–H and O–H groups in total. The van der Waals surface area contributed by atoms with Gasteiger partial charge in [-0.1, -0.05) is 0 Å². The molecule has 4 heteroatoms. The summed E-state index contributed by atoms with van der Waals surface area (Å²) in [6.45, 7) is 0. The highest BCUT2D eigenvalue weighted by Crippen LogP contribution is 2.06. The van der Waals surface area contributed by atoms with Gasteiger partial charge in [0.05, 0.1) is 0 Å². The van der Waals surface area contributed by atoms with Crippen molar-refractivity contribution >= 4 is 18.0 Å². The first kappa shape index (κ1) is 8.26. The molecule has 1 aromatic rings. The molecule has 62 valence electrons. The number of urea groups is 1. The molecule has 0 saturated heterocycles. The van der Waals surface area contributed by atoms with E-state index in [9.17, 15) is 9.59 Å². The molecule has 0 fully saturated rings. The number of nitrogens with one attached hydrogen (secondary N) is 1. The third-order valence-corrected chi connectivity index (χ3v) is 1.31. The minimum Gasteiger partial charge on any atom is -0.351 e. The van der Waals surface area contributed by atoms with Crippen molar-refractivity contribution in [2.45, 2.75) is 0 Å². The highest BCUT2D eigenvalue weighted by molar-refractivity contribution is 5.88. The fourth-order valence-corrected chi connectivity index (χ4v) is 0.787. The molecule has 0 saturated carbocycles. The van der Waals surface area contributed by atoms with Gasteiger partial charge in [-0.05, 0) is 24.3 Å². The molecule has 0 spiro atoms. The van der Waals surface area contributed by atoms with Crippen molar-refractivity contribution in [1.82, 2.24) is 0 Å². The quantitative estimate of drug-likeness (QED) is 0.640. The Kier molecular flexibility index (Phi) is 2.42. The lowest BCUT2D eigenvalue weighted by atomic mass is 10.2. The fourth-order valence-electron chi connectivity index (χ4n) is 0.787. The molecule has 4 nitrogen and oxygen atoms in total. The SMILES string of the molecule is NC(=O)Nc1ccc(C=O)cc1. The zero-order valence-electron chi connectivity index (χ0n) is 6.28. The molecule has 0 aromatic heterocycles. The van der Waals surface area contributed by atoms with Gasteiger partial charge in [-0.2, -0.15) is 0 Å². The third kappa shape index (κ3) is 2.09. The molecule has 0 unspecified atom stereocenters. The van der Waals surface area contributed by atoms with Crippen molar-refractivity contribution in [2.24, 2.45) is 5.73 Å². The van der Waals surface area contributed by atoms with Crippen LogP contribution in [0.25, 0.3) is 0 Å². The van der Waals surface area contributed by atoms with E-state index in [0.29, 0.717) is 11.3 Å². The molecule has 0 aliphatic heterocycles. The molecule has 0 aliphatic carbocycles. The van der Waals surface area contributed by atoms with Gasteiger partial charge in [-0.15, -0.1) is 0 Å². The number of hydrogen-bond acceptors (Lipinski definition) is 2. The van der Waals surface area contributed by atoms with Crippen LogP contribution >= 0.6 is 0 Å². The Morgan fingerprint density at radius 3 is 2.33 bits per heavy atom. The predicted octanol–water partition coefficient (Wildman–Crippen LogP) is 0.990. The molecule has 2 amide bonds. The first-order valence-corrected chi connectivity index (χ1v) is 3.34. The Morgan fingerprint density at radius 2 is 1.92 bits per heavy atom. The van der Waals surface area contributed by atoms with Crippen LogP contribution in [0.15, 0.2) is 24.3 Å². The molecule has 0 radical (unpaired) electrons.